The van der Waals surface area contributed by atoms with Crippen LogP contribution in [0.25, 0.3) is 0 Å². The molecule has 3 unspecified atom stereocenters. The molecule has 10 rings (SSSR count). The molecule has 147 heavy (non-hydrogen) atoms. The molecule has 0 radical (unpaired) electrons. The van der Waals surface area contributed by atoms with E-state index in [1.54, 1.807) is 28.1 Å². The molecule has 10 fully saturated rings. The second kappa shape index (κ2) is 66.6. The van der Waals surface area contributed by atoms with Gasteiger partial charge in [0.15, 0.2) is 11.9 Å². The van der Waals surface area contributed by atoms with E-state index in [2.05, 4.69) is 162 Å². The molecular formula is C115H207F11N8O13. The second-order valence-corrected chi connectivity index (χ2v) is 47.6. The standard InChI is InChI=1S/C16H31NO2.2C15H26F3NO.C15H27NO2.C14H24F3NO2.C14H23F2NO.C14H27NO2.C12H23NO2/c1-6-16(14(18)7-8-15(4,5)19)9-11-17(12-10-16)13(2)3;1-5-14(6-8-19(9-7-14)11(2)3)13(20)10-12(4)15(16,17)18;1-4-14(8-10-19(11-9-14)12(2)3)13(20)6-5-7-15(16,17)18;1-11(2)16-6-4-13(5-7-16)15(17)10-12-8-14(9-12)18-3;1-10(2)18-8-6-11(7-9-18)12(19)4-5-13(20-3)14(15,16)17;1-10(2)17-5-3-12(4-6-17)13(18)7-11-8-14(15,16)9-11;1-11(2)15-9-7-13(8-10-15)14(16)6-5-12(3)17-4;1-4-15-9-12(14)11-5-7-13(8-6-11)10(2)3/h13,19H,6-12H2,1-5H3;11-12H,5-10H2,1-4H3;12H,4-11H2,1-3H3;11-14H,4-10H2,1-3H3;10-11,13H,4-9H2,1-3H3;10-12H,3-9H2,1-2H3;11-13H,5-10H2,1-4H3;10-11H,4-9H2,1-3H3. The number of methoxy groups -OCH3 is 3. The first-order chi connectivity index (χ1) is 68.4. The largest absolute Gasteiger partial charge is 0.414 e. The van der Waals surface area contributed by atoms with E-state index in [-0.39, 0.29) is 109 Å². The number of halogens is 11. The fraction of sp³-hybridized carbons (Fsp3) is 0.930. The molecule has 862 valence electrons. The van der Waals surface area contributed by atoms with Crippen LogP contribution in [-0.2, 0) is 57.3 Å². The van der Waals surface area contributed by atoms with Crippen molar-refractivity contribution < 1.29 is 111 Å². The molecule has 0 spiro atoms. The highest BCUT2D eigenvalue weighted by molar-refractivity contribution is 5.87. The maximum atomic E-state index is 12.7. The van der Waals surface area contributed by atoms with E-state index >= 15 is 0 Å². The van der Waals surface area contributed by atoms with E-state index in [9.17, 15) is 91.8 Å². The third kappa shape index (κ3) is 50.0. The zero-order chi connectivity index (χ0) is 112. The molecule has 32 heteroatoms. The number of likely N-dealkylation sites (tertiary alicyclic amines) is 8. The normalized spacial score (nSPS) is 22.6. The molecule has 2 aliphatic carbocycles. The van der Waals surface area contributed by atoms with Gasteiger partial charge in [0.1, 0.15) is 47.1 Å². The van der Waals surface area contributed by atoms with Gasteiger partial charge in [0.05, 0.1) is 23.7 Å². The minimum absolute atomic E-state index is 0.0349. The van der Waals surface area contributed by atoms with Gasteiger partial charge in [0.25, 0.3) is 0 Å². The van der Waals surface area contributed by atoms with Crippen LogP contribution in [-0.4, -0.2) is 327 Å². The lowest BCUT2D eigenvalue weighted by molar-refractivity contribution is -0.214. The molecule has 0 aromatic rings. The van der Waals surface area contributed by atoms with Gasteiger partial charge in [-0.3, -0.25) is 38.4 Å². The SMILES string of the molecule is CC(C)N1CCC(C(=O)CC2CC(F)(F)C2)CC1.CCC1(C(=O)CC(C)C(F)(F)F)CCN(C(C)C)CC1.CCC1(C(=O)CCC(C)(C)O)CCN(C(C)C)CC1.CCC1(C(=O)CCCC(F)(F)F)CCN(C(C)C)CC1.CCOCC(=O)C1CCN(C(C)C)CC1.COC(C)CCC(=O)C1CCN(C(C)C)CC1.COC(CCC(=O)C1CCN(C(C)C)CC1)C(F)(F)F.COC1CC(CC(=O)C2CCN(C(C)C)CC2)C1. The smallest absolute Gasteiger partial charge is 0.390 e. The van der Waals surface area contributed by atoms with Gasteiger partial charge in [-0.25, -0.2) is 8.78 Å². The maximum Gasteiger partial charge on any atom is 0.414 e. The van der Waals surface area contributed by atoms with Gasteiger partial charge in [-0.1, -0.05) is 27.7 Å². The van der Waals surface area contributed by atoms with Gasteiger partial charge in [-0.05, 0) is 416 Å². The van der Waals surface area contributed by atoms with Crippen molar-refractivity contribution in [2.45, 2.75) is 488 Å². The summed E-state index contributed by atoms with van der Waals surface area (Å²) in [5.41, 5.74) is -1.78. The Morgan fingerprint density at radius 2 is 0.653 bits per heavy atom. The first kappa shape index (κ1) is 137. The van der Waals surface area contributed by atoms with E-state index in [4.69, 9.17) is 14.2 Å². The molecular weight excluding hydrogens is 1910 g/mol. The summed E-state index contributed by atoms with van der Waals surface area (Å²) in [6.07, 6.45) is 6.98. The summed E-state index contributed by atoms with van der Waals surface area (Å²) in [7, 11) is 4.50. The summed E-state index contributed by atoms with van der Waals surface area (Å²) in [4.78, 5) is 116. The average Bonchev–Trinajstić information content (AvgIpc) is 0.824. The van der Waals surface area contributed by atoms with E-state index in [1.165, 1.54) is 0 Å². The van der Waals surface area contributed by atoms with Gasteiger partial charge in [0, 0.05) is 186 Å². The molecule has 10 aliphatic rings. The molecule has 8 aliphatic heterocycles. The molecule has 0 bridgehead atoms. The van der Waals surface area contributed by atoms with Crippen LogP contribution in [0.1, 0.15) is 391 Å². The predicted octanol–water partition coefficient (Wildman–Crippen LogP) is 24.1. The summed E-state index contributed by atoms with van der Waals surface area (Å²) in [6, 6.07) is 4.28. The molecule has 0 amide bonds. The Kier molecular flexibility index (Phi) is 62.1. The van der Waals surface area contributed by atoms with Crippen LogP contribution in [0.5, 0.6) is 0 Å². The molecule has 8 heterocycles. The van der Waals surface area contributed by atoms with Crippen LogP contribution in [0.3, 0.4) is 0 Å². The van der Waals surface area contributed by atoms with E-state index in [1.807, 2.05) is 27.7 Å². The Labute approximate surface area is 882 Å². The summed E-state index contributed by atoms with van der Waals surface area (Å²) in [5.74, 6) is -0.975. The third-order valence-electron chi connectivity index (χ3n) is 34.3. The van der Waals surface area contributed by atoms with Gasteiger partial charge in [0.2, 0.25) is 5.92 Å². The van der Waals surface area contributed by atoms with Crippen molar-refractivity contribution in [1.29, 1.82) is 0 Å². The Balaban J connectivity index is 0.000000432. The lowest BCUT2D eigenvalue weighted by atomic mass is 9.70. The topological polar surface area (TPSA) is 220 Å². The fourth-order valence-electron chi connectivity index (χ4n) is 22.3. The van der Waals surface area contributed by atoms with Crippen molar-refractivity contribution in [3.05, 3.63) is 0 Å². The van der Waals surface area contributed by atoms with Crippen molar-refractivity contribution in [3.8, 4) is 0 Å². The number of piperidine rings is 8. The minimum Gasteiger partial charge on any atom is -0.390 e. The number of aliphatic hydroxyl groups is 1. The van der Waals surface area contributed by atoms with Gasteiger partial charge >= 0.3 is 18.5 Å². The van der Waals surface area contributed by atoms with Gasteiger partial charge in [-0.2, -0.15) is 39.5 Å². The van der Waals surface area contributed by atoms with Gasteiger partial charge < -0.3 is 63.3 Å². The van der Waals surface area contributed by atoms with Crippen LogP contribution in [0, 0.1) is 63.6 Å². The van der Waals surface area contributed by atoms with E-state index in [0.29, 0.717) is 153 Å². The number of hydrogen-bond donors (Lipinski definition) is 1. The van der Waals surface area contributed by atoms with Crippen molar-refractivity contribution in [1.82, 2.24) is 39.2 Å². The number of rotatable bonds is 43. The van der Waals surface area contributed by atoms with Gasteiger partial charge in [-0.15, -0.1) is 0 Å². The van der Waals surface area contributed by atoms with Crippen LogP contribution in [0.2, 0.25) is 0 Å². The number of carbonyl (C=O) groups is 8. The Morgan fingerprint density at radius 1 is 0.361 bits per heavy atom. The van der Waals surface area contributed by atoms with Crippen molar-refractivity contribution in [2.75, 3.05) is 139 Å². The Hall–Kier alpha value is -3.93. The van der Waals surface area contributed by atoms with E-state index < -0.39 is 53.9 Å². The summed E-state index contributed by atoms with van der Waals surface area (Å²) >= 11 is 0. The zero-order valence-electron chi connectivity index (χ0n) is 96.5. The number of alkyl halides is 11. The summed E-state index contributed by atoms with van der Waals surface area (Å²) in [6.45, 7) is 65.9. The Bertz CT molecular complexity index is 3670. The lowest BCUT2D eigenvalue weighted by Crippen LogP contribution is -2.47. The highest BCUT2D eigenvalue weighted by Gasteiger charge is 2.49. The number of nitrogens with zero attached hydrogens (tertiary/aromatic N) is 8. The number of hydrogen-bond acceptors (Lipinski definition) is 21. The predicted molar refractivity (Wildman–Crippen MR) is 567 cm³/mol. The highest BCUT2D eigenvalue weighted by Crippen LogP contribution is 2.47. The molecule has 0 aromatic heterocycles. The molecule has 3 atom stereocenters. The molecule has 0 aromatic carbocycles. The first-order valence-corrected chi connectivity index (χ1v) is 57.1. The number of Topliss-reactive ketones (excluding diaryl/α,β-unsaturated/α-hetero) is 8. The number of ether oxygens (including phenoxy) is 4. The zero-order valence-corrected chi connectivity index (χ0v) is 96.5. The minimum atomic E-state index is -4.39. The maximum absolute atomic E-state index is 12.7. The number of ketones is 8. The molecule has 21 nitrogen and oxygen atoms in total. The average molecular weight is 2120 g/mol. The summed E-state index contributed by atoms with van der Waals surface area (Å²) in [5, 5.41) is 9.78. The monoisotopic (exact) mass is 2120 g/mol. The van der Waals surface area contributed by atoms with Crippen LogP contribution in [0.4, 0.5) is 48.3 Å². The van der Waals surface area contributed by atoms with E-state index in [0.717, 1.165) is 247 Å². The highest BCUT2D eigenvalue weighted by atomic mass is 19.4. The van der Waals surface area contributed by atoms with Crippen LogP contribution in [0.15, 0.2) is 0 Å². The van der Waals surface area contributed by atoms with Crippen molar-refractivity contribution in [2.24, 2.45) is 63.6 Å². The van der Waals surface area contributed by atoms with Crippen molar-refractivity contribution >= 4 is 46.3 Å². The van der Waals surface area contributed by atoms with Crippen LogP contribution < -0.4 is 0 Å². The second-order valence-electron chi connectivity index (χ2n) is 47.6. The fourth-order valence-corrected chi connectivity index (χ4v) is 22.3. The molecule has 8 saturated heterocycles. The first-order valence-electron chi connectivity index (χ1n) is 57.1. The summed E-state index contributed by atoms with van der Waals surface area (Å²) < 4.78 is 157. The molecule has 1 N–H and O–H groups in total. The quantitative estimate of drug-likeness (QED) is 0.0561. The van der Waals surface area contributed by atoms with Crippen LogP contribution >= 0.6 is 0 Å². The Morgan fingerprint density at radius 3 is 0.918 bits per heavy atom. The third-order valence-corrected chi connectivity index (χ3v) is 34.3. The molecule has 2 saturated carbocycles. The lowest BCUT2D eigenvalue weighted by Gasteiger charge is -2.42. The number of carbonyl (C=O) groups excluding carboxylic acids is 8. The van der Waals surface area contributed by atoms with Crippen molar-refractivity contribution in [3.63, 3.8) is 0 Å².